The van der Waals surface area contributed by atoms with E-state index in [4.69, 9.17) is 8.54 Å². The van der Waals surface area contributed by atoms with Crippen molar-refractivity contribution in [3.63, 3.8) is 0 Å². The molecule has 0 amide bonds. The Balaban J connectivity index is -0.00000144. The van der Waals surface area contributed by atoms with E-state index in [9.17, 15) is 0 Å². The fourth-order valence-corrected chi connectivity index (χ4v) is 19.9. The maximum Gasteiger partial charge on any atom is 0.185 e. The van der Waals surface area contributed by atoms with Gasteiger partial charge < -0.3 is 8.54 Å². The molecule has 0 bridgehead atoms. The summed E-state index contributed by atoms with van der Waals surface area (Å²) in [4.78, 5) is 0. The Kier molecular flexibility index (Phi) is 13.2. The highest BCUT2D eigenvalue weighted by Gasteiger charge is 2.38. The number of hydrogen-bond acceptors (Lipinski definition) is 2. The molecule has 0 unspecified atom stereocenters. The maximum atomic E-state index is 6.64. The zero-order chi connectivity index (χ0) is 14.4. The van der Waals surface area contributed by atoms with E-state index < -0.39 is 25.0 Å². The molecule has 0 N–H and O–H groups in total. The van der Waals surface area contributed by atoms with E-state index in [1.54, 1.807) is 0 Å². The monoisotopic (exact) mass is 338 g/mol. The molecule has 0 aromatic carbocycles. The molecule has 0 aliphatic rings. The molecular weight excluding hydrogens is 296 g/mol. The highest BCUT2D eigenvalue weighted by Crippen LogP contribution is 2.27. The summed E-state index contributed by atoms with van der Waals surface area (Å²) in [5.41, 5.74) is 1.21. The topological polar surface area (TPSA) is 18.5 Å². The van der Waals surface area contributed by atoms with Gasteiger partial charge in [-0.3, -0.25) is 0 Å². The van der Waals surface area contributed by atoms with Crippen molar-refractivity contribution in [3.05, 3.63) is 0 Å². The minimum atomic E-state index is -1.56. The van der Waals surface area contributed by atoms with Crippen LogP contribution in [0.2, 0.25) is 51.0 Å². The van der Waals surface area contributed by atoms with Gasteiger partial charge in [-0.05, 0) is 51.0 Å². The highest BCUT2D eigenvalue weighted by atomic mass is 28.5. The minimum absolute atomic E-state index is 0. The van der Waals surface area contributed by atoms with Gasteiger partial charge in [0.1, 0.15) is 0 Å². The zero-order valence-electron chi connectivity index (χ0n) is 13.9. The summed E-state index contributed by atoms with van der Waals surface area (Å²) < 4.78 is 12.3. The second kappa shape index (κ2) is 10.3. The lowest BCUT2D eigenvalue weighted by Gasteiger charge is -2.37. The van der Waals surface area contributed by atoms with Crippen molar-refractivity contribution >= 4 is 25.0 Å². The fourth-order valence-electron chi connectivity index (χ4n) is 2.73. The Morgan fingerprint density at radius 1 is 0.750 bits per heavy atom. The molecule has 126 valence electrons. The molecule has 20 heavy (non-hydrogen) atoms. The highest BCUT2D eigenvalue weighted by molar-refractivity contribution is 6.94. The summed E-state index contributed by atoms with van der Waals surface area (Å²) in [5, 5.41) is 0. The molecular formula is C15H42O2Si3. The third-order valence-corrected chi connectivity index (χ3v) is 17.2. The summed E-state index contributed by atoms with van der Waals surface area (Å²) in [7, 11) is -2.65. The van der Waals surface area contributed by atoms with Crippen LogP contribution in [0.4, 0.5) is 0 Å². The molecule has 0 saturated carbocycles. The summed E-state index contributed by atoms with van der Waals surface area (Å²) >= 11 is 0. The van der Waals surface area contributed by atoms with E-state index in [1.807, 2.05) is 7.11 Å². The van der Waals surface area contributed by atoms with Gasteiger partial charge in [-0.2, -0.15) is 0 Å². The number of rotatable bonds is 9. The molecule has 0 heterocycles. The molecule has 0 atom stereocenters. The standard InChI is InChI=1S/C13H34O2Si3.2CH4/c1-9-10-11-12-16(3,4)15-18(7,8)13-17(5,6)14-2;;/h9-13H2,1-8H3;2*1H4. The zero-order valence-corrected chi connectivity index (χ0v) is 16.9. The van der Waals surface area contributed by atoms with Gasteiger partial charge in [0.05, 0.1) is 0 Å². The van der Waals surface area contributed by atoms with Crippen molar-refractivity contribution < 1.29 is 8.54 Å². The smallest absolute Gasteiger partial charge is 0.185 e. The molecule has 0 aromatic heterocycles. The molecule has 0 radical (unpaired) electrons. The number of hydrogen-bond donors (Lipinski definition) is 0. The first-order chi connectivity index (χ1) is 8.04. The third kappa shape index (κ3) is 12.3. The van der Waals surface area contributed by atoms with E-state index in [0.717, 1.165) is 0 Å². The van der Waals surface area contributed by atoms with E-state index in [2.05, 4.69) is 46.2 Å². The molecule has 0 saturated heterocycles. The van der Waals surface area contributed by atoms with Gasteiger partial charge in [-0.25, -0.2) is 0 Å². The predicted molar refractivity (Wildman–Crippen MR) is 103 cm³/mol. The van der Waals surface area contributed by atoms with Crippen LogP contribution in [-0.4, -0.2) is 32.1 Å². The molecule has 0 fully saturated rings. The minimum Gasteiger partial charge on any atom is -0.456 e. The molecule has 2 nitrogen and oxygen atoms in total. The molecule has 0 rings (SSSR count). The molecule has 0 aromatic rings. The lowest BCUT2D eigenvalue weighted by molar-refractivity contribution is 0.405. The molecule has 0 aliphatic carbocycles. The lowest BCUT2D eigenvalue weighted by atomic mass is 10.3. The Labute approximate surface area is 133 Å². The second-order valence-corrected chi connectivity index (χ2v) is 20.9. The SMILES string of the molecule is C.C.CCCCC[Si](C)(C)O[Si](C)(C)C[Si](C)(C)OC. The Hall–Kier alpha value is 0.571. The Morgan fingerprint density at radius 3 is 1.65 bits per heavy atom. The molecule has 0 aliphatic heterocycles. The van der Waals surface area contributed by atoms with Gasteiger partial charge in [0, 0.05) is 7.11 Å². The van der Waals surface area contributed by atoms with Gasteiger partial charge >= 0.3 is 0 Å². The van der Waals surface area contributed by atoms with Crippen molar-refractivity contribution in [3.8, 4) is 0 Å². The van der Waals surface area contributed by atoms with Crippen LogP contribution in [0.3, 0.4) is 0 Å². The average molecular weight is 339 g/mol. The Morgan fingerprint density at radius 2 is 1.25 bits per heavy atom. The van der Waals surface area contributed by atoms with E-state index in [-0.39, 0.29) is 14.9 Å². The summed E-state index contributed by atoms with van der Waals surface area (Å²) in [5.74, 6) is 0. The van der Waals surface area contributed by atoms with Crippen LogP contribution in [0.15, 0.2) is 0 Å². The van der Waals surface area contributed by atoms with Crippen LogP contribution in [0.1, 0.15) is 41.0 Å². The van der Waals surface area contributed by atoms with Crippen LogP contribution in [0.5, 0.6) is 0 Å². The first-order valence-corrected chi connectivity index (χ1v) is 16.6. The van der Waals surface area contributed by atoms with Gasteiger partial charge in [0.15, 0.2) is 25.0 Å². The fraction of sp³-hybridized carbons (Fsp3) is 1.00. The quantitative estimate of drug-likeness (QED) is 0.364. The van der Waals surface area contributed by atoms with Crippen molar-refractivity contribution in [2.45, 2.75) is 92.0 Å². The number of unbranched alkanes of at least 4 members (excludes halogenated alkanes) is 2. The largest absolute Gasteiger partial charge is 0.456 e. The molecule has 0 spiro atoms. The normalized spacial score (nSPS) is 12.6. The molecule has 5 heteroatoms. The lowest BCUT2D eigenvalue weighted by Crippen LogP contribution is -2.49. The van der Waals surface area contributed by atoms with Gasteiger partial charge in [-0.1, -0.05) is 41.0 Å². The average Bonchev–Trinajstić information content (AvgIpc) is 2.14. The summed E-state index contributed by atoms with van der Waals surface area (Å²) in [6, 6.07) is 1.31. The van der Waals surface area contributed by atoms with Crippen LogP contribution in [0, 0.1) is 0 Å². The predicted octanol–water partition coefficient (Wildman–Crippen LogP) is 6.27. The van der Waals surface area contributed by atoms with E-state index in [1.165, 1.54) is 31.0 Å². The first kappa shape index (κ1) is 25.5. The van der Waals surface area contributed by atoms with E-state index >= 15 is 0 Å². The maximum absolute atomic E-state index is 6.64. The van der Waals surface area contributed by atoms with Crippen molar-refractivity contribution in [1.82, 2.24) is 0 Å². The Bertz CT molecular complexity index is 241. The first-order valence-electron chi connectivity index (χ1n) is 7.29. The van der Waals surface area contributed by atoms with Gasteiger partial charge in [0.2, 0.25) is 0 Å². The van der Waals surface area contributed by atoms with Crippen LogP contribution in [-0.2, 0) is 8.54 Å². The van der Waals surface area contributed by atoms with Crippen LogP contribution >= 0.6 is 0 Å². The van der Waals surface area contributed by atoms with Crippen molar-refractivity contribution in [2.24, 2.45) is 0 Å². The van der Waals surface area contributed by atoms with Gasteiger partial charge in [0.25, 0.3) is 0 Å². The van der Waals surface area contributed by atoms with E-state index in [0.29, 0.717) is 0 Å². The summed E-state index contributed by atoms with van der Waals surface area (Å²) in [6.45, 7) is 16.4. The third-order valence-electron chi connectivity index (χ3n) is 3.34. The second-order valence-electron chi connectivity index (χ2n) is 7.22. The van der Waals surface area contributed by atoms with Crippen LogP contribution in [0.25, 0.3) is 0 Å². The van der Waals surface area contributed by atoms with Gasteiger partial charge in [-0.15, -0.1) is 0 Å². The van der Waals surface area contributed by atoms with Crippen molar-refractivity contribution in [1.29, 1.82) is 0 Å². The summed E-state index contributed by atoms with van der Waals surface area (Å²) in [6.07, 6.45) is 3.99. The van der Waals surface area contributed by atoms with Crippen molar-refractivity contribution in [2.75, 3.05) is 7.11 Å². The van der Waals surface area contributed by atoms with Crippen LogP contribution < -0.4 is 0 Å².